The van der Waals surface area contributed by atoms with E-state index < -0.39 is 11.6 Å². The first-order valence-corrected chi connectivity index (χ1v) is 7.89. The number of nitrogens with zero attached hydrogens (tertiary/aromatic N) is 2. The van der Waals surface area contributed by atoms with E-state index in [0.29, 0.717) is 17.2 Å². The molecule has 1 aromatic heterocycles. The molecule has 0 radical (unpaired) electrons. The lowest BCUT2D eigenvalue weighted by atomic mass is 10.1. The number of anilines is 1. The van der Waals surface area contributed by atoms with Crippen LogP contribution in [0.15, 0.2) is 18.2 Å². The van der Waals surface area contributed by atoms with Gasteiger partial charge in [0.05, 0.1) is 9.26 Å². The fraction of sp³-hybridized carbons (Fsp3) is 0.333. The molecule has 21 heavy (non-hydrogen) atoms. The van der Waals surface area contributed by atoms with Crippen molar-refractivity contribution < 1.29 is 8.78 Å². The van der Waals surface area contributed by atoms with Crippen molar-refractivity contribution in [2.45, 2.75) is 26.7 Å². The standard InChI is InChI=1S/C15H16F2IN3/c1-3-5-12-13(18)15(19-4-2)21-14(20-12)9-6-10(16)8-11(17)7-9/h6-8H,3-5H2,1-2H3,(H,19,20,21). The Morgan fingerprint density at radius 1 is 1.10 bits per heavy atom. The molecule has 2 rings (SSSR count). The van der Waals surface area contributed by atoms with Crippen molar-refractivity contribution in [3.63, 3.8) is 0 Å². The SMILES string of the molecule is CCCc1nc(-c2cc(F)cc(F)c2)nc(NCC)c1I. The van der Waals surface area contributed by atoms with E-state index in [2.05, 4.69) is 44.8 Å². The summed E-state index contributed by atoms with van der Waals surface area (Å²) in [5.74, 6) is -0.215. The first kappa shape index (κ1) is 16.1. The minimum absolute atomic E-state index is 0.341. The fourth-order valence-corrected chi connectivity index (χ4v) is 2.69. The van der Waals surface area contributed by atoms with Crippen LogP contribution in [0.5, 0.6) is 0 Å². The maximum atomic E-state index is 13.4. The summed E-state index contributed by atoms with van der Waals surface area (Å²) in [4.78, 5) is 8.86. The highest BCUT2D eigenvalue weighted by molar-refractivity contribution is 14.1. The molecule has 0 spiro atoms. The number of benzene rings is 1. The molecule has 0 unspecified atom stereocenters. The van der Waals surface area contributed by atoms with Crippen LogP contribution in [0.1, 0.15) is 26.0 Å². The molecule has 0 atom stereocenters. The largest absolute Gasteiger partial charge is 0.369 e. The average Bonchev–Trinajstić information content (AvgIpc) is 2.42. The topological polar surface area (TPSA) is 37.8 Å². The molecule has 0 aliphatic heterocycles. The van der Waals surface area contributed by atoms with Gasteiger partial charge < -0.3 is 5.32 Å². The second kappa shape index (κ2) is 7.11. The van der Waals surface area contributed by atoms with Gasteiger partial charge in [0.25, 0.3) is 0 Å². The minimum atomic E-state index is -0.630. The van der Waals surface area contributed by atoms with Gasteiger partial charge in [-0.3, -0.25) is 0 Å². The molecule has 0 aliphatic rings. The summed E-state index contributed by atoms with van der Waals surface area (Å²) in [6.45, 7) is 4.75. The van der Waals surface area contributed by atoms with Crippen LogP contribution in [0.4, 0.5) is 14.6 Å². The summed E-state index contributed by atoms with van der Waals surface area (Å²) in [6, 6.07) is 3.34. The van der Waals surface area contributed by atoms with E-state index in [1.165, 1.54) is 12.1 Å². The fourth-order valence-electron chi connectivity index (χ4n) is 1.99. The highest BCUT2D eigenvalue weighted by Crippen LogP contribution is 2.25. The van der Waals surface area contributed by atoms with Crippen molar-refractivity contribution in [1.29, 1.82) is 0 Å². The molecule has 0 amide bonds. The third-order valence-electron chi connectivity index (χ3n) is 2.87. The Labute approximate surface area is 136 Å². The van der Waals surface area contributed by atoms with Crippen molar-refractivity contribution in [2.75, 3.05) is 11.9 Å². The molecule has 1 heterocycles. The normalized spacial score (nSPS) is 10.7. The molecular formula is C15H16F2IN3. The number of hydrogen-bond acceptors (Lipinski definition) is 3. The highest BCUT2D eigenvalue weighted by atomic mass is 127. The van der Waals surface area contributed by atoms with Crippen LogP contribution >= 0.6 is 22.6 Å². The van der Waals surface area contributed by atoms with Crippen LogP contribution in [0, 0.1) is 15.2 Å². The Kier molecular flexibility index (Phi) is 5.44. The van der Waals surface area contributed by atoms with Crippen molar-refractivity contribution in [2.24, 2.45) is 0 Å². The van der Waals surface area contributed by atoms with E-state index in [1.807, 2.05) is 6.92 Å². The highest BCUT2D eigenvalue weighted by Gasteiger charge is 2.14. The van der Waals surface area contributed by atoms with Gasteiger partial charge in [0, 0.05) is 18.2 Å². The molecule has 0 bridgehead atoms. The summed E-state index contributed by atoms with van der Waals surface area (Å²) in [7, 11) is 0. The number of rotatable bonds is 5. The summed E-state index contributed by atoms with van der Waals surface area (Å²) in [6.07, 6.45) is 1.74. The molecule has 1 aromatic carbocycles. The van der Waals surface area contributed by atoms with Gasteiger partial charge in [0.2, 0.25) is 0 Å². The molecule has 0 saturated carbocycles. The van der Waals surface area contributed by atoms with E-state index in [4.69, 9.17) is 0 Å². The van der Waals surface area contributed by atoms with Gasteiger partial charge in [0.1, 0.15) is 17.5 Å². The number of aryl methyl sites for hydroxylation is 1. The van der Waals surface area contributed by atoms with Crippen molar-refractivity contribution in [1.82, 2.24) is 9.97 Å². The zero-order chi connectivity index (χ0) is 15.4. The van der Waals surface area contributed by atoms with Gasteiger partial charge in [-0.1, -0.05) is 13.3 Å². The Balaban J connectivity index is 2.56. The zero-order valence-corrected chi connectivity index (χ0v) is 14.0. The molecule has 3 nitrogen and oxygen atoms in total. The first-order chi connectivity index (χ1) is 10.0. The molecular weight excluding hydrogens is 387 g/mol. The summed E-state index contributed by atoms with van der Waals surface area (Å²) in [5.41, 5.74) is 1.24. The minimum Gasteiger partial charge on any atom is -0.369 e. The van der Waals surface area contributed by atoms with E-state index in [9.17, 15) is 8.78 Å². The smallest absolute Gasteiger partial charge is 0.162 e. The molecule has 1 N–H and O–H groups in total. The third kappa shape index (κ3) is 3.87. The quantitative estimate of drug-likeness (QED) is 0.752. The molecule has 6 heteroatoms. The number of aromatic nitrogens is 2. The molecule has 0 fully saturated rings. The second-order valence-electron chi connectivity index (χ2n) is 4.59. The lowest BCUT2D eigenvalue weighted by Gasteiger charge is -2.12. The summed E-state index contributed by atoms with van der Waals surface area (Å²) < 4.78 is 27.7. The van der Waals surface area contributed by atoms with E-state index in [1.54, 1.807) is 0 Å². The zero-order valence-electron chi connectivity index (χ0n) is 11.9. The lowest BCUT2D eigenvalue weighted by Crippen LogP contribution is -2.08. The Morgan fingerprint density at radius 2 is 1.76 bits per heavy atom. The van der Waals surface area contributed by atoms with Crippen molar-refractivity contribution in [3.8, 4) is 11.4 Å². The first-order valence-electron chi connectivity index (χ1n) is 6.81. The van der Waals surface area contributed by atoms with Gasteiger partial charge in [-0.05, 0) is 48.1 Å². The van der Waals surface area contributed by atoms with Crippen LogP contribution in [-0.4, -0.2) is 16.5 Å². The average molecular weight is 403 g/mol. The van der Waals surface area contributed by atoms with E-state index >= 15 is 0 Å². The van der Waals surface area contributed by atoms with Crippen LogP contribution in [0.2, 0.25) is 0 Å². The maximum absolute atomic E-state index is 13.4. The summed E-state index contributed by atoms with van der Waals surface area (Å²) in [5, 5.41) is 3.17. The third-order valence-corrected chi connectivity index (χ3v) is 4.01. The monoisotopic (exact) mass is 403 g/mol. The maximum Gasteiger partial charge on any atom is 0.162 e. The van der Waals surface area contributed by atoms with Crippen molar-refractivity contribution >= 4 is 28.4 Å². The van der Waals surface area contributed by atoms with E-state index in [0.717, 1.165) is 34.7 Å². The van der Waals surface area contributed by atoms with Gasteiger partial charge in [-0.15, -0.1) is 0 Å². The Hall–Kier alpha value is -1.31. The predicted octanol–water partition coefficient (Wildman–Crippen LogP) is 4.41. The molecule has 0 aliphatic carbocycles. The van der Waals surface area contributed by atoms with Gasteiger partial charge in [-0.2, -0.15) is 0 Å². The second-order valence-corrected chi connectivity index (χ2v) is 5.67. The predicted molar refractivity (Wildman–Crippen MR) is 88.3 cm³/mol. The van der Waals surface area contributed by atoms with Crippen LogP contribution in [-0.2, 0) is 6.42 Å². The Bertz CT molecular complexity index is 600. The lowest BCUT2D eigenvalue weighted by molar-refractivity contribution is 0.584. The van der Waals surface area contributed by atoms with E-state index in [-0.39, 0.29) is 0 Å². The van der Waals surface area contributed by atoms with Crippen LogP contribution < -0.4 is 5.32 Å². The van der Waals surface area contributed by atoms with Gasteiger partial charge >= 0.3 is 0 Å². The number of nitrogens with one attached hydrogen (secondary N) is 1. The van der Waals surface area contributed by atoms with Gasteiger partial charge in [0.15, 0.2) is 5.82 Å². The number of hydrogen-bond donors (Lipinski definition) is 1. The van der Waals surface area contributed by atoms with Gasteiger partial charge in [-0.25, -0.2) is 18.7 Å². The van der Waals surface area contributed by atoms with Crippen LogP contribution in [0.3, 0.4) is 0 Å². The molecule has 112 valence electrons. The van der Waals surface area contributed by atoms with Crippen LogP contribution in [0.25, 0.3) is 11.4 Å². The molecule has 2 aromatic rings. The Morgan fingerprint density at radius 3 is 2.33 bits per heavy atom. The molecule has 0 saturated heterocycles. The number of halogens is 3. The van der Waals surface area contributed by atoms with Crippen molar-refractivity contribution in [3.05, 3.63) is 39.1 Å². The summed E-state index contributed by atoms with van der Waals surface area (Å²) >= 11 is 2.20.